The van der Waals surface area contributed by atoms with Crippen molar-refractivity contribution in [3.05, 3.63) is 34.6 Å². The summed E-state index contributed by atoms with van der Waals surface area (Å²) in [6.07, 6.45) is 2.00. The number of nitrogens with zero attached hydrogens (tertiary/aromatic N) is 2. The molecule has 1 aliphatic carbocycles. The van der Waals surface area contributed by atoms with E-state index in [1.165, 1.54) is 11.8 Å². The van der Waals surface area contributed by atoms with Crippen LogP contribution in [0.2, 0.25) is 0 Å². The van der Waals surface area contributed by atoms with Gasteiger partial charge >= 0.3 is 0 Å². The van der Waals surface area contributed by atoms with Crippen molar-refractivity contribution >= 4 is 28.6 Å². The molecule has 0 aliphatic heterocycles. The summed E-state index contributed by atoms with van der Waals surface area (Å²) in [4.78, 5) is 29.6. The standard InChI is InChI=1S/C17H21N3O2S/c1-10(2)18-15(21)11(3)23-17-19-14-7-5-4-6-13(14)16(22)20(17)12-8-9-12/h4-7,10-12H,8-9H2,1-3H3,(H,18,21). The Morgan fingerprint density at radius 3 is 2.65 bits per heavy atom. The Hall–Kier alpha value is -1.82. The molecular weight excluding hydrogens is 310 g/mol. The van der Waals surface area contributed by atoms with Crippen LogP contribution in [0, 0.1) is 0 Å². The molecule has 6 heteroatoms. The van der Waals surface area contributed by atoms with Crippen LogP contribution < -0.4 is 10.9 Å². The summed E-state index contributed by atoms with van der Waals surface area (Å²) in [6.45, 7) is 5.72. The van der Waals surface area contributed by atoms with Gasteiger partial charge in [-0.05, 0) is 45.7 Å². The van der Waals surface area contributed by atoms with Crippen molar-refractivity contribution < 1.29 is 4.79 Å². The third-order valence-electron chi connectivity index (χ3n) is 3.77. The first-order valence-corrected chi connectivity index (χ1v) is 8.83. The molecule has 0 spiro atoms. The van der Waals surface area contributed by atoms with Crippen molar-refractivity contribution in [1.29, 1.82) is 0 Å². The summed E-state index contributed by atoms with van der Waals surface area (Å²) < 4.78 is 1.77. The highest BCUT2D eigenvalue weighted by Gasteiger charge is 2.30. The Morgan fingerprint density at radius 1 is 1.30 bits per heavy atom. The average molecular weight is 331 g/mol. The largest absolute Gasteiger partial charge is 0.353 e. The summed E-state index contributed by atoms with van der Waals surface area (Å²) in [5.74, 6) is -0.0326. The van der Waals surface area contributed by atoms with Gasteiger partial charge in [-0.1, -0.05) is 23.9 Å². The monoisotopic (exact) mass is 331 g/mol. The number of nitrogens with one attached hydrogen (secondary N) is 1. The molecule has 1 aromatic heterocycles. The van der Waals surface area contributed by atoms with Crippen LogP contribution in [0.4, 0.5) is 0 Å². The van der Waals surface area contributed by atoms with Crippen LogP contribution in [-0.2, 0) is 4.79 Å². The third kappa shape index (κ3) is 3.42. The van der Waals surface area contributed by atoms with Crippen molar-refractivity contribution in [3.63, 3.8) is 0 Å². The molecule has 2 aromatic rings. The molecule has 5 nitrogen and oxygen atoms in total. The molecule has 0 radical (unpaired) electrons. The Labute approximate surface area is 139 Å². The maximum Gasteiger partial charge on any atom is 0.262 e. The van der Waals surface area contributed by atoms with E-state index in [0.29, 0.717) is 16.1 Å². The summed E-state index contributed by atoms with van der Waals surface area (Å²) in [5, 5.41) is 3.89. The molecule has 0 saturated heterocycles. The number of benzene rings is 1. The van der Waals surface area contributed by atoms with E-state index >= 15 is 0 Å². The normalized spacial score (nSPS) is 15.8. The summed E-state index contributed by atoms with van der Waals surface area (Å²) in [7, 11) is 0. The average Bonchev–Trinajstić information content (AvgIpc) is 3.31. The van der Waals surface area contributed by atoms with Gasteiger partial charge in [0.1, 0.15) is 0 Å². The number of thioether (sulfide) groups is 1. The van der Waals surface area contributed by atoms with E-state index in [9.17, 15) is 9.59 Å². The fraction of sp³-hybridized carbons (Fsp3) is 0.471. The molecule has 3 rings (SSSR count). The zero-order valence-electron chi connectivity index (χ0n) is 13.6. The summed E-state index contributed by atoms with van der Waals surface area (Å²) >= 11 is 1.36. The molecule has 1 aromatic carbocycles. The highest BCUT2D eigenvalue weighted by molar-refractivity contribution is 8.00. The Balaban J connectivity index is 1.98. The van der Waals surface area contributed by atoms with Crippen LogP contribution in [0.15, 0.2) is 34.2 Å². The zero-order chi connectivity index (χ0) is 16.6. The van der Waals surface area contributed by atoms with E-state index < -0.39 is 0 Å². The Kier molecular flexibility index (Phi) is 4.43. The van der Waals surface area contributed by atoms with Crippen molar-refractivity contribution in [2.45, 2.75) is 56.1 Å². The number of fused-ring (bicyclic) bond motifs is 1. The predicted octanol–water partition coefficient (Wildman–Crippen LogP) is 2.74. The Bertz CT molecular complexity index is 796. The van der Waals surface area contributed by atoms with Crippen LogP contribution in [0.1, 0.15) is 39.7 Å². The maximum atomic E-state index is 12.8. The van der Waals surface area contributed by atoms with Crippen molar-refractivity contribution in [1.82, 2.24) is 14.9 Å². The fourth-order valence-electron chi connectivity index (χ4n) is 2.48. The van der Waals surface area contributed by atoms with Gasteiger partial charge in [-0.15, -0.1) is 0 Å². The first kappa shape index (κ1) is 16.1. The van der Waals surface area contributed by atoms with Gasteiger partial charge in [0.05, 0.1) is 16.2 Å². The smallest absolute Gasteiger partial charge is 0.262 e. The molecular formula is C17H21N3O2S. The SMILES string of the molecule is CC(C)NC(=O)C(C)Sc1nc2ccccc2c(=O)n1C1CC1. The number of amides is 1. The summed E-state index contributed by atoms with van der Waals surface area (Å²) in [6, 6.07) is 7.71. The maximum absolute atomic E-state index is 12.8. The topological polar surface area (TPSA) is 64.0 Å². The lowest BCUT2D eigenvalue weighted by atomic mass is 10.2. The van der Waals surface area contributed by atoms with Crippen LogP contribution in [0.3, 0.4) is 0 Å². The van der Waals surface area contributed by atoms with Gasteiger partial charge in [-0.3, -0.25) is 14.2 Å². The molecule has 122 valence electrons. The zero-order valence-corrected chi connectivity index (χ0v) is 14.4. The number of hydrogen-bond acceptors (Lipinski definition) is 4. The second kappa shape index (κ2) is 6.35. The highest BCUT2D eigenvalue weighted by Crippen LogP contribution is 2.37. The summed E-state index contributed by atoms with van der Waals surface area (Å²) in [5.41, 5.74) is 0.686. The molecule has 23 heavy (non-hydrogen) atoms. The van der Waals surface area contributed by atoms with Crippen molar-refractivity contribution in [3.8, 4) is 0 Å². The first-order valence-electron chi connectivity index (χ1n) is 7.95. The molecule has 0 bridgehead atoms. The number of para-hydroxylation sites is 1. The van der Waals surface area contributed by atoms with Gasteiger partial charge in [0.15, 0.2) is 5.16 Å². The molecule has 1 saturated carbocycles. The fourth-order valence-corrected chi connectivity index (χ4v) is 3.46. The number of hydrogen-bond donors (Lipinski definition) is 1. The van der Waals surface area contributed by atoms with E-state index in [4.69, 9.17) is 0 Å². The highest BCUT2D eigenvalue weighted by atomic mass is 32.2. The molecule has 1 N–H and O–H groups in total. The molecule has 1 amide bonds. The van der Waals surface area contributed by atoms with Crippen LogP contribution in [0.5, 0.6) is 0 Å². The van der Waals surface area contributed by atoms with Gasteiger partial charge in [-0.25, -0.2) is 4.98 Å². The van der Waals surface area contributed by atoms with Gasteiger partial charge in [0.25, 0.3) is 5.56 Å². The van der Waals surface area contributed by atoms with E-state index in [1.54, 1.807) is 4.57 Å². The lowest BCUT2D eigenvalue weighted by Crippen LogP contribution is -2.36. The minimum atomic E-state index is -0.296. The van der Waals surface area contributed by atoms with E-state index in [1.807, 2.05) is 45.0 Å². The van der Waals surface area contributed by atoms with Crippen LogP contribution >= 0.6 is 11.8 Å². The molecule has 1 atom stereocenters. The number of carbonyl (C=O) groups is 1. The van der Waals surface area contributed by atoms with Crippen molar-refractivity contribution in [2.75, 3.05) is 0 Å². The Morgan fingerprint density at radius 2 is 2.00 bits per heavy atom. The third-order valence-corrected chi connectivity index (χ3v) is 4.84. The molecule has 1 unspecified atom stereocenters. The van der Waals surface area contributed by atoms with Gasteiger partial charge in [-0.2, -0.15) is 0 Å². The minimum Gasteiger partial charge on any atom is -0.353 e. The van der Waals surface area contributed by atoms with Crippen molar-refractivity contribution in [2.24, 2.45) is 0 Å². The molecule has 1 heterocycles. The quantitative estimate of drug-likeness (QED) is 0.676. The van der Waals surface area contributed by atoms with E-state index in [0.717, 1.165) is 12.8 Å². The second-order valence-corrected chi connectivity index (χ2v) is 7.55. The number of rotatable bonds is 5. The van der Waals surface area contributed by atoms with Gasteiger partial charge < -0.3 is 5.32 Å². The van der Waals surface area contributed by atoms with E-state index in [2.05, 4.69) is 10.3 Å². The molecule has 1 fully saturated rings. The van der Waals surface area contributed by atoms with Gasteiger partial charge in [0.2, 0.25) is 5.91 Å². The lowest BCUT2D eigenvalue weighted by Gasteiger charge is -2.17. The minimum absolute atomic E-state index is 0.00272. The second-order valence-electron chi connectivity index (χ2n) is 6.24. The van der Waals surface area contributed by atoms with E-state index in [-0.39, 0.29) is 28.8 Å². The number of aromatic nitrogens is 2. The van der Waals surface area contributed by atoms with Crippen LogP contribution in [0.25, 0.3) is 10.9 Å². The first-order chi connectivity index (χ1) is 11.0. The van der Waals surface area contributed by atoms with Crippen LogP contribution in [-0.4, -0.2) is 26.8 Å². The number of carbonyl (C=O) groups excluding carboxylic acids is 1. The predicted molar refractivity (Wildman–Crippen MR) is 92.9 cm³/mol. The molecule has 1 aliphatic rings. The lowest BCUT2D eigenvalue weighted by molar-refractivity contribution is -0.120. The van der Waals surface area contributed by atoms with Gasteiger partial charge in [0, 0.05) is 12.1 Å².